The molecule has 0 bridgehead atoms. The topological polar surface area (TPSA) is 15.7 Å². The maximum absolute atomic E-state index is 6.33. The molecule has 0 saturated heterocycles. The van der Waals surface area contributed by atoms with Gasteiger partial charge in [0.1, 0.15) is 11.9 Å². The predicted octanol–water partition coefficient (Wildman–Crippen LogP) is 3.71. The van der Waals surface area contributed by atoms with Gasteiger partial charge in [0.05, 0.1) is 0 Å². The van der Waals surface area contributed by atoms with Gasteiger partial charge < -0.3 is 9.64 Å². The summed E-state index contributed by atoms with van der Waals surface area (Å²) in [5, 5.41) is 0. The van der Waals surface area contributed by atoms with Crippen molar-refractivity contribution in [2.45, 2.75) is 32.5 Å². The molecule has 1 aliphatic rings. The number of ether oxygens (including phenoxy) is 1. The quantitative estimate of drug-likeness (QED) is 0.834. The van der Waals surface area contributed by atoms with Crippen LogP contribution in [0.15, 0.2) is 48.5 Å². The molecule has 2 aromatic rings. The van der Waals surface area contributed by atoms with Gasteiger partial charge in [0.2, 0.25) is 0 Å². The van der Waals surface area contributed by atoms with Crippen molar-refractivity contribution < 1.29 is 4.74 Å². The Labute approximate surface area is 145 Å². The first-order chi connectivity index (χ1) is 11.6. The van der Waals surface area contributed by atoms with Crippen LogP contribution in [0.4, 0.5) is 0 Å². The summed E-state index contributed by atoms with van der Waals surface area (Å²) in [6.07, 6.45) is 1.28. The predicted molar refractivity (Wildman–Crippen MR) is 99.3 cm³/mol. The van der Waals surface area contributed by atoms with Crippen LogP contribution >= 0.6 is 0 Å². The van der Waals surface area contributed by atoms with Gasteiger partial charge in [0.15, 0.2) is 0 Å². The van der Waals surface area contributed by atoms with Gasteiger partial charge in [0, 0.05) is 31.7 Å². The first-order valence-electron chi connectivity index (χ1n) is 8.77. The smallest absolute Gasteiger partial charge is 0.124 e. The third-order valence-electron chi connectivity index (χ3n) is 4.55. The van der Waals surface area contributed by atoms with E-state index in [0.717, 1.165) is 38.3 Å². The Bertz CT molecular complexity index is 651. The molecule has 0 radical (unpaired) electrons. The van der Waals surface area contributed by atoms with E-state index >= 15 is 0 Å². The Morgan fingerprint density at radius 3 is 2.58 bits per heavy atom. The summed E-state index contributed by atoms with van der Waals surface area (Å²) in [7, 11) is 4.24. The Morgan fingerprint density at radius 1 is 1.08 bits per heavy atom. The van der Waals surface area contributed by atoms with Crippen LogP contribution < -0.4 is 4.74 Å². The molecule has 1 aliphatic heterocycles. The number of benzene rings is 2. The molecule has 24 heavy (non-hydrogen) atoms. The summed E-state index contributed by atoms with van der Waals surface area (Å²) < 4.78 is 6.33. The number of rotatable bonds is 5. The summed E-state index contributed by atoms with van der Waals surface area (Å²) in [5.74, 6) is 1.05. The molecule has 128 valence electrons. The molecule has 0 N–H and O–H groups in total. The molecule has 3 heteroatoms. The van der Waals surface area contributed by atoms with Crippen molar-refractivity contribution in [1.82, 2.24) is 9.80 Å². The number of nitrogens with zero attached hydrogens (tertiary/aromatic N) is 2. The molecule has 1 heterocycles. The molecule has 0 spiro atoms. The third kappa shape index (κ3) is 4.59. The second-order valence-corrected chi connectivity index (χ2v) is 7.09. The Morgan fingerprint density at radius 2 is 1.83 bits per heavy atom. The number of hydrogen-bond donors (Lipinski definition) is 0. The third-order valence-corrected chi connectivity index (χ3v) is 4.55. The van der Waals surface area contributed by atoms with Crippen molar-refractivity contribution in [2.75, 3.05) is 27.2 Å². The van der Waals surface area contributed by atoms with E-state index in [0.29, 0.717) is 0 Å². The monoisotopic (exact) mass is 324 g/mol. The van der Waals surface area contributed by atoms with Gasteiger partial charge in [0.25, 0.3) is 0 Å². The van der Waals surface area contributed by atoms with E-state index < -0.39 is 0 Å². The standard InChI is InChI=1S/C21H28N2O/c1-17-8-10-18(11-9-17)14-23-15-19-6-4-5-7-21(19)24-20(16-23)12-13-22(2)3/h4-11,20H,12-16H2,1-3H3. The van der Waals surface area contributed by atoms with Gasteiger partial charge in [-0.2, -0.15) is 0 Å². The van der Waals surface area contributed by atoms with Crippen molar-refractivity contribution in [1.29, 1.82) is 0 Å². The molecule has 0 fully saturated rings. The Hall–Kier alpha value is -1.84. The molecular formula is C21H28N2O. The first kappa shape index (κ1) is 17.0. The fourth-order valence-corrected chi connectivity index (χ4v) is 3.18. The van der Waals surface area contributed by atoms with Gasteiger partial charge in [-0.1, -0.05) is 48.0 Å². The largest absolute Gasteiger partial charge is 0.489 e. The average Bonchev–Trinajstić information content (AvgIpc) is 2.73. The lowest BCUT2D eigenvalue weighted by molar-refractivity contribution is 0.127. The molecule has 0 aliphatic carbocycles. The van der Waals surface area contributed by atoms with Crippen molar-refractivity contribution in [3.63, 3.8) is 0 Å². The van der Waals surface area contributed by atoms with Gasteiger partial charge in [-0.15, -0.1) is 0 Å². The Kier molecular flexibility index (Phi) is 5.54. The van der Waals surface area contributed by atoms with Gasteiger partial charge in [-0.3, -0.25) is 4.90 Å². The van der Waals surface area contributed by atoms with E-state index in [1.165, 1.54) is 16.7 Å². The van der Waals surface area contributed by atoms with Crippen LogP contribution in [-0.4, -0.2) is 43.1 Å². The zero-order valence-corrected chi connectivity index (χ0v) is 15.0. The van der Waals surface area contributed by atoms with Crippen LogP contribution in [0.2, 0.25) is 0 Å². The maximum atomic E-state index is 6.33. The lowest BCUT2D eigenvalue weighted by Crippen LogP contribution is -2.34. The number of para-hydroxylation sites is 1. The first-order valence-corrected chi connectivity index (χ1v) is 8.77. The maximum Gasteiger partial charge on any atom is 0.124 e. The van der Waals surface area contributed by atoms with Crippen LogP contribution in [0, 0.1) is 6.92 Å². The zero-order chi connectivity index (χ0) is 16.9. The highest BCUT2D eigenvalue weighted by Crippen LogP contribution is 2.26. The fraction of sp³-hybridized carbons (Fsp3) is 0.429. The lowest BCUT2D eigenvalue weighted by Gasteiger charge is -2.25. The van der Waals surface area contributed by atoms with E-state index in [-0.39, 0.29) is 6.10 Å². The zero-order valence-electron chi connectivity index (χ0n) is 15.0. The van der Waals surface area contributed by atoms with E-state index in [2.05, 4.69) is 79.3 Å². The average molecular weight is 324 g/mol. The van der Waals surface area contributed by atoms with Gasteiger partial charge >= 0.3 is 0 Å². The van der Waals surface area contributed by atoms with Gasteiger partial charge in [-0.05, 0) is 39.1 Å². The van der Waals surface area contributed by atoms with Crippen molar-refractivity contribution in [2.24, 2.45) is 0 Å². The summed E-state index contributed by atoms with van der Waals surface area (Å²) >= 11 is 0. The molecular weight excluding hydrogens is 296 g/mol. The highest BCUT2D eigenvalue weighted by Gasteiger charge is 2.22. The fourth-order valence-electron chi connectivity index (χ4n) is 3.18. The van der Waals surface area contributed by atoms with E-state index in [9.17, 15) is 0 Å². The van der Waals surface area contributed by atoms with Crippen molar-refractivity contribution in [3.05, 3.63) is 65.2 Å². The SMILES string of the molecule is Cc1ccc(CN2Cc3ccccc3OC(CCN(C)C)C2)cc1. The molecule has 3 rings (SSSR count). The van der Waals surface area contributed by atoms with Crippen molar-refractivity contribution >= 4 is 0 Å². The highest BCUT2D eigenvalue weighted by molar-refractivity contribution is 5.34. The van der Waals surface area contributed by atoms with Crippen LogP contribution in [0.3, 0.4) is 0 Å². The number of hydrogen-bond acceptors (Lipinski definition) is 3. The van der Waals surface area contributed by atoms with Crippen LogP contribution in [-0.2, 0) is 13.1 Å². The van der Waals surface area contributed by atoms with E-state index in [4.69, 9.17) is 4.74 Å². The summed E-state index contributed by atoms with van der Waals surface area (Å²) in [4.78, 5) is 4.74. The van der Waals surface area contributed by atoms with E-state index in [1.807, 2.05) is 0 Å². The molecule has 0 aromatic heterocycles. The minimum Gasteiger partial charge on any atom is -0.489 e. The van der Waals surface area contributed by atoms with Crippen LogP contribution in [0.5, 0.6) is 5.75 Å². The highest BCUT2D eigenvalue weighted by atomic mass is 16.5. The normalized spacial score (nSPS) is 18.1. The van der Waals surface area contributed by atoms with Gasteiger partial charge in [-0.25, -0.2) is 0 Å². The van der Waals surface area contributed by atoms with Crippen LogP contribution in [0.25, 0.3) is 0 Å². The molecule has 0 saturated carbocycles. The summed E-state index contributed by atoms with van der Waals surface area (Å²) in [5.41, 5.74) is 3.97. The van der Waals surface area contributed by atoms with E-state index in [1.54, 1.807) is 0 Å². The summed E-state index contributed by atoms with van der Waals surface area (Å²) in [6, 6.07) is 17.3. The lowest BCUT2D eigenvalue weighted by atomic mass is 10.1. The van der Waals surface area contributed by atoms with Crippen LogP contribution in [0.1, 0.15) is 23.1 Å². The summed E-state index contributed by atoms with van der Waals surface area (Å²) in [6.45, 7) is 6.07. The molecule has 1 unspecified atom stereocenters. The minimum absolute atomic E-state index is 0.237. The second-order valence-electron chi connectivity index (χ2n) is 7.09. The molecule has 2 aromatic carbocycles. The second kappa shape index (κ2) is 7.82. The number of fused-ring (bicyclic) bond motifs is 1. The Balaban J connectivity index is 1.76. The van der Waals surface area contributed by atoms with Crippen molar-refractivity contribution in [3.8, 4) is 5.75 Å². The molecule has 0 amide bonds. The number of aryl methyl sites for hydroxylation is 1. The molecule has 3 nitrogen and oxygen atoms in total. The molecule has 1 atom stereocenters. The minimum atomic E-state index is 0.237.